The van der Waals surface area contributed by atoms with Crippen LogP contribution in [-0.4, -0.2) is 59.7 Å². The van der Waals surface area contributed by atoms with Crippen LogP contribution in [0.4, 0.5) is 30.7 Å². The van der Waals surface area contributed by atoms with Crippen molar-refractivity contribution in [3.05, 3.63) is 70.5 Å². The highest BCUT2D eigenvalue weighted by molar-refractivity contribution is 5.95. The number of piperidine rings is 1. The lowest BCUT2D eigenvalue weighted by atomic mass is 9.82. The Bertz CT molecular complexity index is 1300. The number of amides is 3. The maximum atomic E-state index is 13.7. The van der Waals surface area contributed by atoms with Crippen molar-refractivity contribution in [2.75, 3.05) is 20.1 Å². The van der Waals surface area contributed by atoms with E-state index in [1.165, 1.54) is 38.2 Å². The fourth-order valence-electron chi connectivity index (χ4n) is 6.10. The number of hydrogen-bond donors (Lipinski definition) is 1. The first-order chi connectivity index (χ1) is 20.0. The van der Waals surface area contributed by atoms with E-state index in [2.05, 4.69) is 5.32 Å². The van der Waals surface area contributed by atoms with Crippen molar-refractivity contribution in [2.24, 2.45) is 5.92 Å². The molecule has 2 aliphatic rings. The number of alkyl halides is 6. The van der Waals surface area contributed by atoms with Crippen LogP contribution in [0.1, 0.15) is 72.0 Å². The molecule has 1 heterocycles. The van der Waals surface area contributed by atoms with Crippen LogP contribution in [0, 0.1) is 11.7 Å². The molecule has 2 aromatic carbocycles. The van der Waals surface area contributed by atoms with Crippen molar-refractivity contribution >= 4 is 17.7 Å². The van der Waals surface area contributed by atoms with E-state index in [9.17, 15) is 45.1 Å². The molecule has 1 N–H and O–H groups in total. The zero-order chi connectivity index (χ0) is 31.7. The zero-order valence-electron chi connectivity index (χ0n) is 23.6. The number of hydrogen-bond acceptors (Lipinski definition) is 3. The highest BCUT2D eigenvalue weighted by Crippen LogP contribution is 2.38. The van der Waals surface area contributed by atoms with Crippen molar-refractivity contribution in [2.45, 2.75) is 69.4 Å². The van der Waals surface area contributed by atoms with Gasteiger partial charge in [0.2, 0.25) is 11.8 Å². The molecule has 0 unspecified atom stereocenters. The quantitative estimate of drug-likeness (QED) is 0.419. The van der Waals surface area contributed by atoms with Gasteiger partial charge in [-0.15, -0.1) is 0 Å². The summed E-state index contributed by atoms with van der Waals surface area (Å²) in [7, 11) is 1.30. The Labute approximate surface area is 244 Å². The van der Waals surface area contributed by atoms with E-state index < -0.39 is 52.7 Å². The minimum Gasteiger partial charge on any atom is -0.354 e. The Hall–Kier alpha value is -3.64. The molecule has 6 nitrogen and oxygen atoms in total. The van der Waals surface area contributed by atoms with Crippen LogP contribution in [0.2, 0.25) is 0 Å². The normalized spacial score (nSPS) is 23.0. The lowest BCUT2D eigenvalue weighted by Gasteiger charge is -2.44. The first-order valence-corrected chi connectivity index (χ1v) is 13.9. The Morgan fingerprint density at radius 2 is 1.42 bits per heavy atom. The number of benzene rings is 2. The molecule has 2 aromatic rings. The third-order valence-electron chi connectivity index (χ3n) is 8.32. The van der Waals surface area contributed by atoms with Gasteiger partial charge in [-0.05, 0) is 68.0 Å². The van der Waals surface area contributed by atoms with Gasteiger partial charge in [-0.1, -0.05) is 12.1 Å². The highest BCUT2D eigenvalue weighted by Gasteiger charge is 2.41. The molecule has 1 aliphatic heterocycles. The third-order valence-corrected chi connectivity index (χ3v) is 8.32. The third kappa shape index (κ3) is 7.66. The molecule has 0 radical (unpaired) electrons. The predicted octanol–water partition coefficient (Wildman–Crippen LogP) is 6.01. The van der Waals surface area contributed by atoms with Crippen molar-refractivity contribution in [1.82, 2.24) is 15.1 Å². The van der Waals surface area contributed by atoms with E-state index in [4.69, 9.17) is 0 Å². The Morgan fingerprint density at radius 1 is 0.860 bits per heavy atom. The van der Waals surface area contributed by atoms with Crippen molar-refractivity contribution in [3.63, 3.8) is 0 Å². The van der Waals surface area contributed by atoms with Crippen LogP contribution in [-0.2, 0) is 21.9 Å². The summed E-state index contributed by atoms with van der Waals surface area (Å²) in [5, 5.41) is 2.86. The summed E-state index contributed by atoms with van der Waals surface area (Å²) in [6, 6.07) is 5.45. The van der Waals surface area contributed by atoms with Gasteiger partial charge in [0.05, 0.1) is 11.1 Å². The van der Waals surface area contributed by atoms with Gasteiger partial charge < -0.3 is 15.1 Å². The van der Waals surface area contributed by atoms with Crippen LogP contribution in [0.3, 0.4) is 0 Å². The summed E-state index contributed by atoms with van der Waals surface area (Å²) in [4.78, 5) is 41.1. The second-order valence-electron chi connectivity index (χ2n) is 11.3. The number of likely N-dealkylation sites (N-methyl/N-ethyl adjacent to an activating group) is 1. The molecular weight excluding hydrogens is 583 g/mol. The van der Waals surface area contributed by atoms with E-state index in [0.717, 1.165) is 4.90 Å². The summed E-state index contributed by atoms with van der Waals surface area (Å²) in [6.07, 6.45) is -7.61. The molecule has 234 valence electrons. The molecule has 0 spiro atoms. The number of nitrogens with one attached hydrogen (secondary N) is 1. The molecule has 1 aliphatic carbocycles. The maximum Gasteiger partial charge on any atom is 0.416 e. The number of carbonyl (C=O) groups excluding carboxylic acids is 3. The average Bonchev–Trinajstić information content (AvgIpc) is 2.95. The molecule has 1 saturated carbocycles. The van der Waals surface area contributed by atoms with Gasteiger partial charge in [0.25, 0.3) is 5.91 Å². The summed E-state index contributed by atoms with van der Waals surface area (Å²) >= 11 is 0. The molecule has 13 heteroatoms. The summed E-state index contributed by atoms with van der Waals surface area (Å²) in [5.74, 6) is -2.67. The van der Waals surface area contributed by atoms with Crippen LogP contribution in [0.15, 0.2) is 42.5 Å². The van der Waals surface area contributed by atoms with Gasteiger partial charge in [0.1, 0.15) is 5.82 Å². The minimum atomic E-state index is -5.11. The number of nitrogens with zero attached hydrogens (tertiary/aromatic N) is 2. The van der Waals surface area contributed by atoms with Crippen LogP contribution >= 0.6 is 0 Å². The number of rotatable bonds is 5. The molecule has 3 amide bonds. The van der Waals surface area contributed by atoms with Crippen molar-refractivity contribution in [1.29, 1.82) is 0 Å². The van der Waals surface area contributed by atoms with E-state index >= 15 is 0 Å². The average molecular weight is 616 g/mol. The van der Waals surface area contributed by atoms with Crippen LogP contribution in [0.25, 0.3) is 0 Å². The minimum absolute atomic E-state index is 0.00683. The Kier molecular flexibility index (Phi) is 9.41. The van der Waals surface area contributed by atoms with Gasteiger partial charge in [-0.3, -0.25) is 14.4 Å². The fourth-order valence-corrected chi connectivity index (χ4v) is 6.10. The van der Waals surface area contributed by atoms with Gasteiger partial charge in [-0.2, -0.15) is 26.3 Å². The zero-order valence-corrected chi connectivity index (χ0v) is 23.6. The van der Waals surface area contributed by atoms with Crippen molar-refractivity contribution < 1.29 is 45.1 Å². The smallest absolute Gasteiger partial charge is 0.354 e. The predicted molar refractivity (Wildman–Crippen MR) is 142 cm³/mol. The van der Waals surface area contributed by atoms with E-state index in [1.54, 1.807) is 4.90 Å². The standard InChI is InChI=1S/C30H32F7N3O3/c1-17(41)38-24-9-5-19(6-10-24)28(43)40-12-11-26(25(16-40)18-3-7-23(31)8-4-18)39(2)27(42)20-13-21(29(32,33)34)15-22(14-20)30(35,36)37/h3-4,7-8,13-15,19,24-26H,5-6,9-12,16H2,1-2H3,(H,38,41)/t19-,24-,25-,26+/m0/s1. The SMILES string of the molecule is CC(=O)N[C@H]1CC[C@H](C(=O)N2CC[C@@H](N(C)C(=O)c3cc(C(F)(F)F)cc(C(F)(F)F)c3)[C@H](c3ccc(F)cc3)C2)CC1. The number of likely N-dealkylation sites (tertiary alicyclic amines) is 1. The number of carbonyl (C=O) groups is 3. The molecule has 2 atom stereocenters. The van der Waals surface area contributed by atoms with Gasteiger partial charge in [0.15, 0.2) is 0 Å². The van der Waals surface area contributed by atoms with E-state index in [1.807, 2.05) is 0 Å². The summed E-state index contributed by atoms with van der Waals surface area (Å²) < 4.78 is 94.4. The molecule has 0 aromatic heterocycles. The number of halogens is 7. The van der Waals surface area contributed by atoms with E-state index in [-0.39, 0.29) is 49.4 Å². The fraction of sp³-hybridized carbons (Fsp3) is 0.500. The lowest BCUT2D eigenvalue weighted by molar-refractivity contribution is -0.143. The second-order valence-corrected chi connectivity index (χ2v) is 11.3. The lowest BCUT2D eigenvalue weighted by Crippen LogP contribution is -2.53. The molecule has 0 bridgehead atoms. The molecule has 2 fully saturated rings. The first-order valence-electron chi connectivity index (χ1n) is 13.9. The van der Waals surface area contributed by atoms with Crippen LogP contribution < -0.4 is 5.32 Å². The molecular formula is C30H32F7N3O3. The van der Waals surface area contributed by atoms with Crippen molar-refractivity contribution in [3.8, 4) is 0 Å². The highest BCUT2D eigenvalue weighted by atomic mass is 19.4. The van der Waals surface area contributed by atoms with Gasteiger partial charge in [0, 0.05) is 56.5 Å². The first kappa shape index (κ1) is 32.3. The topological polar surface area (TPSA) is 69.7 Å². The maximum absolute atomic E-state index is 13.7. The second kappa shape index (κ2) is 12.5. The Balaban J connectivity index is 1.58. The molecule has 1 saturated heterocycles. The van der Waals surface area contributed by atoms with E-state index in [0.29, 0.717) is 43.4 Å². The Morgan fingerprint density at radius 3 is 1.93 bits per heavy atom. The molecule has 43 heavy (non-hydrogen) atoms. The summed E-state index contributed by atoms with van der Waals surface area (Å²) in [6.45, 7) is 1.76. The summed E-state index contributed by atoms with van der Waals surface area (Å²) in [5.41, 5.74) is -3.39. The van der Waals surface area contributed by atoms with Gasteiger partial charge in [-0.25, -0.2) is 4.39 Å². The van der Waals surface area contributed by atoms with Crippen LogP contribution in [0.5, 0.6) is 0 Å². The molecule has 4 rings (SSSR count). The monoisotopic (exact) mass is 615 g/mol. The largest absolute Gasteiger partial charge is 0.416 e. The van der Waals surface area contributed by atoms with Gasteiger partial charge >= 0.3 is 12.4 Å².